The first-order chi connectivity index (χ1) is 4.00. The Kier molecular flexibility index (Phi) is 19.5. The standard InChI is InChI=1S/2Ca.2H2O4S.4H/c;;2*1-5(2,3)4;;;;/h;;2*(H2,1,2,3,4);;;;/q2*+2;;;4*-1. The summed E-state index contributed by atoms with van der Waals surface area (Å²) in [5.74, 6) is 0. The van der Waals surface area contributed by atoms with Crippen molar-refractivity contribution in [2.24, 2.45) is 0 Å². The van der Waals surface area contributed by atoms with Crippen molar-refractivity contribution in [3.8, 4) is 0 Å². The van der Waals surface area contributed by atoms with Crippen LogP contribution < -0.4 is 0 Å². The average molecular weight is 280 g/mol. The van der Waals surface area contributed by atoms with Gasteiger partial charge in [0.25, 0.3) is 0 Å². The van der Waals surface area contributed by atoms with E-state index < -0.39 is 20.8 Å². The summed E-state index contributed by atoms with van der Waals surface area (Å²) in [6.07, 6.45) is 0. The Hall–Kier alpha value is 2.26. The van der Waals surface area contributed by atoms with Gasteiger partial charge in [-0.05, 0) is 0 Å². The Morgan fingerprint density at radius 2 is 0.667 bits per heavy atom. The van der Waals surface area contributed by atoms with Gasteiger partial charge in [0.15, 0.2) is 0 Å². The van der Waals surface area contributed by atoms with E-state index in [1.165, 1.54) is 0 Å². The molecule has 8 nitrogen and oxygen atoms in total. The first-order valence-electron chi connectivity index (χ1n) is 1.40. The fourth-order valence-electron chi connectivity index (χ4n) is 0. The van der Waals surface area contributed by atoms with Crippen LogP contribution in [-0.2, 0) is 20.8 Å². The molecule has 0 amide bonds. The van der Waals surface area contributed by atoms with Crippen LogP contribution in [-0.4, -0.2) is 111 Å². The van der Waals surface area contributed by atoms with E-state index in [-0.39, 0.29) is 81.2 Å². The molecule has 0 saturated carbocycles. The third-order valence-electron chi connectivity index (χ3n) is 0. The summed E-state index contributed by atoms with van der Waals surface area (Å²) in [5.41, 5.74) is 0. The van der Waals surface area contributed by atoms with E-state index in [0.717, 1.165) is 0 Å². The van der Waals surface area contributed by atoms with Crippen LogP contribution in [0.3, 0.4) is 0 Å². The van der Waals surface area contributed by atoms with Crippen molar-refractivity contribution < 1.29 is 40.8 Å². The molecule has 0 spiro atoms. The molecule has 0 aromatic heterocycles. The Labute approximate surface area is 135 Å². The van der Waals surface area contributed by atoms with Crippen molar-refractivity contribution in [2.75, 3.05) is 0 Å². The zero-order valence-corrected chi connectivity index (χ0v) is 11.7. The minimum absolute atomic E-state index is 0. The SMILES string of the molecule is O=S(=O)(O)O.O=S(=O)(O)O.[Ca+2].[Ca+2].[H-].[H-].[H-].[H-]. The molecular weight excluding hydrogens is 272 g/mol. The molecule has 0 aliphatic heterocycles. The van der Waals surface area contributed by atoms with Gasteiger partial charge >= 0.3 is 96.3 Å². The Balaban J connectivity index is -0.00000000970. The predicted octanol–water partition coefficient (Wildman–Crippen LogP) is -1.62. The quantitative estimate of drug-likeness (QED) is 0.305. The normalized spacial score (nSPS) is 9.67. The van der Waals surface area contributed by atoms with Crippen molar-refractivity contribution in [3.05, 3.63) is 0 Å². The molecule has 72 valence electrons. The van der Waals surface area contributed by atoms with Crippen molar-refractivity contribution >= 4 is 96.3 Å². The first kappa shape index (κ1) is 23.8. The van der Waals surface area contributed by atoms with Gasteiger partial charge in [0.05, 0.1) is 0 Å². The van der Waals surface area contributed by atoms with Crippen molar-refractivity contribution in [3.63, 3.8) is 0 Å². The van der Waals surface area contributed by atoms with Crippen LogP contribution >= 0.6 is 0 Å². The van der Waals surface area contributed by atoms with Crippen molar-refractivity contribution in [1.82, 2.24) is 0 Å². The molecule has 0 fully saturated rings. The molecule has 0 bridgehead atoms. The molecule has 0 unspecified atom stereocenters. The second kappa shape index (κ2) is 9.80. The fraction of sp³-hybridized carbons (Fsp3) is 0. The Morgan fingerprint density at radius 1 is 0.667 bits per heavy atom. The number of hydrogen-bond donors (Lipinski definition) is 4. The van der Waals surface area contributed by atoms with Gasteiger partial charge in [-0.1, -0.05) is 0 Å². The van der Waals surface area contributed by atoms with Gasteiger partial charge in [0.2, 0.25) is 0 Å². The van der Waals surface area contributed by atoms with Gasteiger partial charge in [-0.15, -0.1) is 0 Å². The van der Waals surface area contributed by atoms with Crippen LogP contribution in [0.25, 0.3) is 0 Å². The summed E-state index contributed by atoms with van der Waals surface area (Å²) in [4.78, 5) is 0. The van der Waals surface area contributed by atoms with Gasteiger partial charge < -0.3 is 5.71 Å². The maximum absolute atomic E-state index is 8.74. The predicted molar refractivity (Wildman–Crippen MR) is 44.3 cm³/mol. The molecule has 0 radical (unpaired) electrons. The second-order valence-corrected chi connectivity index (χ2v) is 2.69. The molecule has 0 atom stereocenters. The van der Waals surface area contributed by atoms with Crippen molar-refractivity contribution in [1.29, 1.82) is 0 Å². The first-order valence-corrected chi connectivity index (χ1v) is 4.19. The number of hydrogen-bond acceptors (Lipinski definition) is 4. The zero-order chi connectivity index (χ0) is 9.00. The van der Waals surface area contributed by atoms with E-state index in [2.05, 4.69) is 0 Å². The van der Waals surface area contributed by atoms with E-state index in [1.54, 1.807) is 0 Å². The Morgan fingerprint density at radius 3 is 0.667 bits per heavy atom. The molecule has 0 aromatic rings. The van der Waals surface area contributed by atoms with E-state index >= 15 is 0 Å². The summed E-state index contributed by atoms with van der Waals surface area (Å²) in [6, 6.07) is 0. The molecule has 0 heterocycles. The fourth-order valence-corrected chi connectivity index (χ4v) is 0. The van der Waals surface area contributed by atoms with Crippen molar-refractivity contribution in [2.45, 2.75) is 0 Å². The summed E-state index contributed by atoms with van der Waals surface area (Å²) in [6.45, 7) is 0. The third kappa shape index (κ3) is 304. The maximum atomic E-state index is 8.74. The topological polar surface area (TPSA) is 149 Å². The third-order valence-corrected chi connectivity index (χ3v) is 0. The molecule has 0 aliphatic carbocycles. The van der Waals surface area contributed by atoms with Crippen LogP contribution in [0.1, 0.15) is 5.71 Å². The summed E-state index contributed by atoms with van der Waals surface area (Å²) in [7, 11) is -9.33. The van der Waals surface area contributed by atoms with Crippen LogP contribution in [0.5, 0.6) is 0 Å². The molecule has 0 saturated heterocycles. The summed E-state index contributed by atoms with van der Waals surface area (Å²) >= 11 is 0. The molecule has 4 N–H and O–H groups in total. The molecular formula is H8Ca2O8S2. The molecule has 12 heteroatoms. The second-order valence-electron chi connectivity index (χ2n) is 0.896. The molecule has 0 rings (SSSR count). The summed E-state index contributed by atoms with van der Waals surface area (Å²) in [5, 5.41) is 0. The maximum Gasteiger partial charge on any atom is 2.00 e. The minimum atomic E-state index is -4.67. The van der Waals surface area contributed by atoms with Crippen LogP contribution in [0.15, 0.2) is 0 Å². The summed E-state index contributed by atoms with van der Waals surface area (Å²) < 4.78 is 63.2. The zero-order valence-electron chi connectivity index (χ0n) is 9.65. The van der Waals surface area contributed by atoms with E-state index in [9.17, 15) is 0 Å². The van der Waals surface area contributed by atoms with Gasteiger partial charge in [0.1, 0.15) is 0 Å². The van der Waals surface area contributed by atoms with Gasteiger partial charge in [0, 0.05) is 0 Å². The van der Waals surface area contributed by atoms with Gasteiger partial charge in [-0.3, -0.25) is 18.2 Å². The van der Waals surface area contributed by atoms with E-state index in [1.807, 2.05) is 0 Å². The van der Waals surface area contributed by atoms with E-state index in [0.29, 0.717) is 0 Å². The Bertz CT molecular complexity index is 224. The monoisotopic (exact) mass is 280 g/mol. The molecule has 12 heavy (non-hydrogen) atoms. The average Bonchev–Trinajstić information content (AvgIpc) is 1.12. The smallest absolute Gasteiger partial charge is 1.00 e. The molecule has 0 aliphatic rings. The van der Waals surface area contributed by atoms with Gasteiger partial charge in [-0.2, -0.15) is 16.8 Å². The number of rotatable bonds is 0. The van der Waals surface area contributed by atoms with Gasteiger partial charge in [-0.25, -0.2) is 0 Å². The van der Waals surface area contributed by atoms with E-state index in [4.69, 9.17) is 35.0 Å². The van der Waals surface area contributed by atoms with Crippen LogP contribution in [0.4, 0.5) is 0 Å². The van der Waals surface area contributed by atoms with Crippen LogP contribution in [0, 0.1) is 0 Å². The largest absolute Gasteiger partial charge is 2.00 e. The minimum Gasteiger partial charge on any atom is -1.00 e. The molecule has 0 aromatic carbocycles. The van der Waals surface area contributed by atoms with Crippen LogP contribution in [0.2, 0.25) is 0 Å².